The van der Waals surface area contributed by atoms with Crippen molar-refractivity contribution in [3.63, 3.8) is 0 Å². The van der Waals surface area contributed by atoms with Crippen molar-refractivity contribution in [1.29, 1.82) is 0 Å². The quantitative estimate of drug-likeness (QED) is 0.236. The molecular weight excluding hydrogens is 594 g/mol. The van der Waals surface area contributed by atoms with Crippen molar-refractivity contribution in [2.75, 3.05) is 23.0 Å². The molecule has 7 rings (SSSR count). The van der Waals surface area contributed by atoms with E-state index in [0.717, 1.165) is 12.8 Å². The first kappa shape index (κ1) is 30.4. The van der Waals surface area contributed by atoms with Crippen LogP contribution in [0.1, 0.15) is 42.1 Å². The molecule has 238 valence electrons. The molecular formula is C38H35N3O6. The summed E-state index contributed by atoms with van der Waals surface area (Å²) >= 11 is 0. The minimum absolute atomic E-state index is 0.0732. The lowest BCUT2D eigenvalue weighted by Crippen LogP contribution is -2.43. The van der Waals surface area contributed by atoms with Gasteiger partial charge in [0.1, 0.15) is 5.75 Å². The first-order chi connectivity index (χ1) is 22.8. The van der Waals surface area contributed by atoms with Crippen molar-refractivity contribution in [2.45, 2.75) is 37.8 Å². The van der Waals surface area contributed by atoms with Gasteiger partial charge < -0.3 is 19.8 Å². The van der Waals surface area contributed by atoms with Crippen LogP contribution in [0, 0.1) is 5.92 Å². The first-order valence-electron chi connectivity index (χ1n) is 15.9. The fourth-order valence-corrected chi connectivity index (χ4v) is 6.88. The zero-order valence-electron chi connectivity index (χ0n) is 26.0. The number of ether oxygens (including phenoxy) is 1. The van der Waals surface area contributed by atoms with Crippen molar-refractivity contribution in [3.05, 3.63) is 120 Å². The van der Waals surface area contributed by atoms with Gasteiger partial charge in [0.15, 0.2) is 11.4 Å². The molecule has 2 N–H and O–H groups in total. The summed E-state index contributed by atoms with van der Waals surface area (Å²) in [7, 11) is 0. The molecule has 3 aliphatic heterocycles. The van der Waals surface area contributed by atoms with Crippen molar-refractivity contribution < 1.29 is 29.3 Å². The van der Waals surface area contributed by atoms with Crippen molar-refractivity contribution in [3.8, 4) is 11.5 Å². The minimum atomic E-state index is -2.01. The zero-order chi connectivity index (χ0) is 32.7. The highest BCUT2D eigenvalue weighted by Crippen LogP contribution is 2.51. The predicted molar refractivity (Wildman–Crippen MR) is 178 cm³/mol. The Bertz CT molecular complexity index is 1890. The average molecular weight is 630 g/mol. The molecule has 0 saturated carbocycles. The predicted octanol–water partition coefficient (Wildman–Crippen LogP) is 6.20. The lowest BCUT2D eigenvalue weighted by Gasteiger charge is -2.28. The van der Waals surface area contributed by atoms with Crippen LogP contribution in [0.5, 0.6) is 11.5 Å². The third-order valence-corrected chi connectivity index (χ3v) is 9.36. The van der Waals surface area contributed by atoms with Gasteiger partial charge in [0.2, 0.25) is 5.91 Å². The average Bonchev–Trinajstić information content (AvgIpc) is 3.63. The Morgan fingerprint density at radius 1 is 0.915 bits per heavy atom. The van der Waals surface area contributed by atoms with Crippen molar-refractivity contribution in [1.82, 2.24) is 4.90 Å². The van der Waals surface area contributed by atoms with Gasteiger partial charge in [0.25, 0.3) is 11.8 Å². The molecule has 3 atom stereocenters. The number of para-hydroxylation sites is 4. The standard InChI is InChI=1S/C38H35N3O6/c1-25(11-9-19-35(43)39-22-10-14-28(39)24-42)38(46)30-23-27(20-21-31(30)41(37(38)45)26-12-3-2-4-13-26)40-32-16-6-8-18-34(32)47-33-17-7-5-15-29(33)36(40)44/h2-9,11-13,15-18,20-21,23,25,28,42,46H,10,14,19,22,24H2,1H3/b11-9+/t25-,28+,38+/m1/s1. The van der Waals surface area contributed by atoms with Crippen LogP contribution in [0.25, 0.3) is 0 Å². The SMILES string of the molecule is C[C@H](/C=C/CC(=O)N1CCC[C@H]1CO)[C@@]1(O)C(=O)N(c2ccccc2)c2ccc(N3C(=O)c4ccccc4Oc4ccccc43)cc21. The number of hydrogen-bond donors (Lipinski definition) is 2. The minimum Gasteiger partial charge on any atom is -0.454 e. The molecule has 0 bridgehead atoms. The molecule has 0 spiro atoms. The smallest absolute Gasteiger partial charge is 0.268 e. The second-order valence-corrected chi connectivity index (χ2v) is 12.1. The summed E-state index contributed by atoms with van der Waals surface area (Å²) in [5, 5.41) is 22.1. The van der Waals surface area contributed by atoms with E-state index in [2.05, 4.69) is 0 Å². The van der Waals surface area contributed by atoms with E-state index in [-0.39, 0.29) is 30.9 Å². The number of hydrogen-bond acceptors (Lipinski definition) is 6. The first-order valence-corrected chi connectivity index (χ1v) is 15.9. The van der Waals surface area contributed by atoms with Gasteiger partial charge in [-0.1, -0.05) is 61.5 Å². The number of carbonyl (C=O) groups excluding carboxylic acids is 3. The molecule has 1 fully saturated rings. The summed E-state index contributed by atoms with van der Waals surface area (Å²) in [6, 6.07) is 28.4. The van der Waals surface area contributed by atoms with Gasteiger partial charge in [-0.25, -0.2) is 0 Å². The highest BCUT2D eigenvalue weighted by atomic mass is 16.5. The van der Waals surface area contributed by atoms with Crippen LogP contribution in [0.15, 0.2) is 109 Å². The van der Waals surface area contributed by atoms with Gasteiger partial charge in [-0.2, -0.15) is 0 Å². The largest absolute Gasteiger partial charge is 0.454 e. The Labute approximate surface area is 272 Å². The van der Waals surface area contributed by atoms with Crippen LogP contribution < -0.4 is 14.5 Å². The molecule has 4 aromatic carbocycles. The van der Waals surface area contributed by atoms with Gasteiger partial charge in [0.05, 0.1) is 29.6 Å². The number of carbonyl (C=O) groups is 3. The summed E-state index contributed by atoms with van der Waals surface area (Å²) in [6.45, 7) is 2.27. The molecule has 3 heterocycles. The van der Waals surface area contributed by atoms with Gasteiger partial charge in [-0.05, 0) is 67.4 Å². The molecule has 1 saturated heterocycles. The maximum absolute atomic E-state index is 14.3. The topological polar surface area (TPSA) is 111 Å². The number of benzene rings is 4. The van der Waals surface area contributed by atoms with E-state index < -0.39 is 17.4 Å². The second-order valence-electron chi connectivity index (χ2n) is 12.1. The summed E-state index contributed by atoms with van der Waals surface area (Å²) < 4.78 is 6.17. The normalized spacial score (nSPS) is 20.9. The highest BCUT2D eigenvalue weighted by Gasteiger charge is 2.53. The Hall–Kier alpha value is -5.25. The summed E-state index contributed by atoms with van der Waals surface area (Å²) in [6.07, 6.45) is 5.08. The maximum Gasteiger partial charge on any atom is 0.268 e. The van der Waals surface area contributed by atoms with Gasteiger partial charge >= 0.3 is 0 Å². The van der Waals surface area contributed by atoms with E-state index in [1.54, 1.807) is 89.5 Å². The molecule has 3 amide bonds. The molecule has 3 aliphatic rings. The Morgan fingerprint density at radius 3 is 2.43 bits per heavy atom. The van der Waals surface area contributed by atoms with E-state index in [1.165, 1.54) is 4.90 Å². The summed E-state index contributed by atoms with van der Waals surface area (Å²) in [5.41, 5.74) is 0.786. The Balaban J connectivity index is 1.30. The Kier molecular flexibility index (Phi) is 7.87. The van der Waals surface area contributed by atoms with Gasteiger partial charge in [-0.3, -0.25) is 24.2 Å². The second kappa shape index (κ2) is 12.2. The number of rotatable bonds is 7. The van der Waals surface area contributed by atoms with Crippen LogP contribution in [0.3, 0.4) is 0 Å². The molecule has 0 aliphatic carbocycles. The van der Waals surface area contributed by atoms with Crippen LogP contribution in [-0.2, 0) is 15.2 Å². The van der Waals surface area contributed by atoms with E-state index in [4.69, 9.17) is 4.74 Å². The number of anilines is 4. The van der Waals surface area contributed by atoms with Crippen LogP contribution >= 0.6 is 0 Å². The zero-order valence-corrected chi connectivity index (χ0v) is 26.0. The van der Waals surface area contributed by atoms with Crippen LogP contribution in [-0.4, -0.2) is 52.0 Å². The third kappa shape index (κ3) is 5.08. The van der Waals surface area contributed by atoms with Crippen molar-refractivity contribution >= 4 is 40.5 Å². The fourth-order valence-electron chi connectivity index (χ4n) is 6.88. The lowest BCUT2D eigenvalue weighted by atomic mass is 9.82. The summed E-state index contributed by atoms with van der Waals surface area (Å²) in [5.74, 6) is -0.768. The number of aliphatic hydroxyl groups is 2. The molecule has 0 aromatic heterocycles. The number of amides is 3. The van der Waals surface area contributed by atoms with E-state index in [1.807, 2.05) is 36.4 Å². The molecule has 9 nitrogen and oxygen atoms in total. The van der Waals surface area contributed by atoms with Crippen LogP contribution in [0.4, 0.5) is 22.7 Å². The molecule has 0 unspecified atom stereocenters. The molecule has 4 aromatic rings. The molecule has 9 heteroatoms. The van der Waals surface area contributed by atoms with Gasteiger partial charge in [0, 0.05) is 35.8 Å². The van der Waals surface area contributed by atoms with Crippen molar-refractivity contribution in [2.24, 2.45) is 5.92 Å². The Morgan fingerprint density at radius 2 is 1.64 bits per heavy atom. The van der Waals surface area contributed by atoms with E-state index in [9.17, 15) is 24.6 Å². The highest BCUT2D eigenvalue weighted by molar-refractivity contribution is 6.16. The number of nitrogens with zero attached hydrogens (tertiary/aromatic N) is 3. The van der Waals surface area contributed by atoms with Crippen LogP contribution in [0.2, 0.25) is 0 Å². The molecule has 0 radical (unpaired) electrons. The number of likely N-dealkylation sites (tertiary alicyclic amines) is 1. The van der Waals surface area contributed by atoms with E-state index >= 15 is 0 Å². The summed E-state index contributed by atoms with van der Waals surface area (Å²) in [4.78, 5) is 46.2. The van der Waals surface area contributed by atoms with E-state index in [0.29, 0.717) is 51.9 Å². The monoisotopic (exact) mass is 629 g/mol. The molecule has 47 heavy (non-hydrogen) atoms. The number of fused-ring (bicyclic) bond motifs is 3. The lowest BCUT2D eigenvalue weighted by molar-refractivity contribution is -0.138. The maximum atomic E-state index is 14.3. The fraction of sp³-hybridized carbons (Fsp3) is 0.237. The van der Waals surface area contributed by atoms with Gasteiger partial charge in [-0.15, -0.1) is 0 Å². The number of aliphatic hydroxyl groups excluding tert-OH is 1. The third-order valence-electron chi connectivity index (χ3n) is 9.36.